The monoisotopic (exact) mass is 342 g/mol. The van der Waals surface area contributed by atoms with Gasteiger partial charge < -0.3 is 4.74 Å². The summed E-state index contributed by atoms with van der Waals surface area (Å²) in [7, 11) is 0. The lowest BCUT2D eigenvalue weighted by molar-refractivity contribution is 0.305. The van der Waals surface area contributed by atoms with E-state index in [9.17, 15) is 4.39 Å². The summed E-state index contributed by atoms with van der Waals surface area (Å²) in [4.78, 5) is 0. The smallest absolute Gasteiger partial charge is 0.135 e. The van der Waals surface area contributed by atoms with Crippen LogP contribution in [0.15, 0.2) is 36.4 Å². The van der Waals surface area contributed by atoms with Crippen molar-refractivity contribution in [3.8, 4) is 17.6 Å². The SMILES string of the molecule is Fc1ccc(OCc2c(Cl)cccc2Cl)c(C#CCCl)c1. The molecule has 0 amide bonds. The normalized spacial score (nSPS) is 9.90. The molecule has 0 aliphatic rings. The molecule has 2 aromatic carbocycles. The number of benzene rings is 2. The molecule has 0 aliphatic carbocycles. The maximum atomic E-state index is 13.3. The highest BCUT2D eigenvalue weighted by Gasteiger charge is 2.08. The molecule has 21 heavy (non-hydrogen) atoms. The van der Waals surface area contributed by atoms with Gasteiger partial charge in [0.05, 0.1) is 11.4 Å². The maximum absolute atomic E-state index is 13.3. The van der Waals surface area contributed by atoms with E-state index in [1.807, 2.05) is 0 Å². The third-order valence-electron chi connectivity index (χ3n) is 2.67. The Hall–Kier alpha value is -1.40. The fourth-order valence-electron chi connectivity index (χ4n) is 1.67. The van der Waals surface area contributed by atoms with Crippen LogP contribution in [-0.4, -0.2) is 5.88 Å². The Bertz CT molecular complexity index is 684. The second-order valence-electron chi connectivity index (χ2n) is 4.06. The van der Waals surface area contributed by atoms with Crippen LogP contribution in [0.4, 0.5) is 4.39 Å². The van der Waals surface area contributed by atoms with Crippen LogP contribution in [0.3, 0.4) is 0 Å². The van der Waals surface area contributed by atoms with Gasteiger partial charge in [0.25, 0.3) is 0 Å². The maximum Gasteiger partial charge on any atom is 0.135 e. The Kier molecular flexibility index (Phi) is 5.76. The van der Waals surface area contributed by atoms with Crippen LogP contribution < -0.4 is 4.74 Å². The molecule has 5 heteroatoms. The predicted octanol–water partition coefficient (Wildman–Crippen LogP) is 5.30. The number of hydrogen-bond donors (Lipinski definition) is 0. The van der Waals surface area contributed by atoms with Gasteiger partial charge in [0.15, 0.2) is 0 Å². The molecule has 0 saturated heterocycles. The van der Waals surface area contributed by atoms with E-state index in [1.165, 1.54) is 18.2 Å². The standard InChI is InChI=1S/C16H10Cl3FO/c17-8-2-3-11-9-12(20)6-7-16(11)21-10-13-14(18)4-1-5-15(13)19/h1,4-7,9H,8,10H2. The van der Waals surface area contributed by atoms with E-state index in [2.05, 4.69) is 11.8 Å². The fraction of sp³-hybridized carbons (Fsp3) is 0.125. The fourth-order valence-corrected chi connectivity index (χ4v) is 2.25. The predicted molar refractivity (Wildman–Crippen MR) is 84.8 cm³/mol. The van der Waals surface area contributed by atoms with Crippen molar-refractivity contribution in [2.45, 2.75) is 6.61 Å². The Labute approximate surface area is 137 Å². The van der Waals surface area contributed by atoms with E-state index < -0.39 is 5.82 Å². The van der Waals surface area contributed by atoms with Crippen LogP contribution in [0.1, 0.15) is 11.1 Å². The summed E-state index contributed by atoms with van der Waals surface area (Å²) in [5, 5.41) is 1.02. The van der Waals surface area contributed by atoms with Gasteiger partial charge in [-0.25, -0.2) is 4.39 Å². The summed E-state index contributed by atoms with van der Waals surface area (Å²) in [6.45, 7) is 0.166. The van der Waals surface area contributed by atoms with Gasteiger partial charge in [-0.15, -0.1) is 11.6 Å². The van der Waals surface area contributed by atoms with Crippen molar-refractivity contribution in [3.63, 3.8) is 0 Å². The minimum absolute atomic E-state index is 0.159. The summed E-state index contributed by atoms with van der Waals surface area (Å²) in [5.74, 6) is 5.64. The van der Waals surface area contributed by atoms with Crippen LogP contribution in [0.2, 0.25) is 10.0 Å². The third kappa shape index (κ3) is 4.28. The summed E-state index contributed by atoms with van der Waals surface area (Å²) < 4.78 is 18.9. The molecule has 0 radical (unpaired) electrons. The summed E-state index contributed by atoms with van der Waals surface area (Å²) in [5.41, 5.74) is 1.10. The van der Waals surface area contributed by atoms with Crippen LogP contribution in [0.5, 0.6) is 5.75 Å². The average Bonchev–Trinajstić information content (AvgIpc) is 2.46. The lowest BCUT2D eigenvalue weighted by atomic mass is 10.2. The molecule has 0 aliphatic heterocycles. The van der Waals surface area contributed by atoms with Crippen molar-refractivity contribution >= 4 is 34.8 Å². The first-order chi connectivity index (χ1) is 10.1. The second kappa shape index (κ2) is 7.56. The summed E-state index contributed by atoms with van der Waals surface area (Å²) in [6.07, 6.45) is 0. The van der Waals surface area contributed by atoms with Gasteiger partial charge in [-0.3, -0.25) is 0 Å². The van der Waals surface area contributed by atoms with Crippen LogP contribution in [0.25, 0.3) is 0 Å². The molecule has 0 atom stereocenters. The van der Waals surface area contributed by atoms with E-state index in [4.69, 9.17) is 39.5 Å². The van der Waals surface area contributed by atoms with Crippen LogP contribution >= 0.6 is 34.8 Å². The minimum atomic E-state index is -0.392. The topological polar surface area (TPSA) is 9.23 Å². The zero-order valence-corrected chi connectivity index (χ0v) is 13.1. The molecule has 0 bridgehead atoms. The van der Waals surface area contributed by atoms with E-state index in [-0.39, 0.29) is 12.5 Å². The summed E-state index contributed by atoms with van der Waals surface area (Å²) >= 11 is 17.7. The second-order valence-corrected chi connectivity index (χ2v) is 5.15. The van der Waals surface area contributed by atoms with E-state index in [1.54, 1.807) is 18.2 Å². The lowest BCUT2D eigenvalue weighted by Gasteiger charge is -2.11. The first kappa shape index (κ1) is 16.0. The van der Waals surface area contributed by atoms with Crippen molar-refractivity contribution in [1.29, 1.82) is 0 Å². The van der Waals surface area contributed by atoms with Gasteiger partial charge in [0.1, 0.15) is 18.2 Å². The van der Waals surface area contributed by atoms with E-state index in [0.717, 1.165) is 0 Å². The molecule has 0 spiro atoms. The van der Waals surface area contributed by atoms with Crippen molar-refractivity contribution in [1.82, 2.24) is 0 Å². The number of rotatable bonds is 3. The highest BCUT2D eigenvalue weighted by molar-refractivity contribution is 6.35. The highest BCUT2D eigenvalue weighted by atomic mass is 35.5. The molecular weight excluding hydrogens is 334 g/mol. The number of halogens is 4. The zero-order valence-electron chi connectivity index (χ0n) is 10.8. The molecule has 0 unspecified atom stereocenters. The summed E-state index contributed by atoms with van der Waals surface area (Å²) in [6, 6.07) is 9.32. The molecule has 0 fully saturated rings. The van der Waals surface area contributed by atoms with Gasteiger partial charge in [-0.05, 0) is 30.3 Å². The number of hydrogen-bond acceptors (Lipinski definition) is 1. The third-order valence-corrected chi connectivity index (χ3v) is 3.51. The Morgan fingerprint density at radius 3 is 2.48 bits per heavy atom. The van der Waals surface area contributed by atoms with Crippen LogP contribution in [0, 0.1) is 17.7 Å². The average molecular weight is 344 g/mol. The molecular formula is C16H10Cl3FO. The van der Waals surface area contributed by atoms with Crippen molar-refractivity contribution < 1.29 is 9.13 Å². The van der Waals surface area contributed by atoms with Crippen molar-refractivity contribution in [2.75, 3.05) is 5.88 Å². The van der Waals surface area contributed by atoms with Crippen molar-refractivity contribution in [3.05, 3.63) is 63.4 Å². The molecule has 108 valence electrons. The van der Waals surface area contributed by atoms with E-state index >= 15 is 0 Å². The van der Waals surface area contributed by atoms with Crippen molar-refractivity contribution in [2.24, 2.45) is 0 Å². The largest absolute Gasteiger partial charge is 0.487 e. The Balaban J connectivity index is 2.24. The van der Waals surface area contributed by atoms with Gasteiger partial charge in [-0.2, -0.15) is 0 Å². The minimum Gasteiger partial charge on any atom is -0.487 e. The molecule has 0 N–H and O–H groups in total. The first-order valence-electron chi connectivity index (χ1n) is 6.02. The zero-order chi connectivity index (χ0) is 15.2. The van der Waals surface area contributed by atoms with Gasteiger partial charge in [-0.1, -0.05) is 41.1 Å². The van der Waals surface area contributed by atoms with Gasteiger partial charge in [0.2, 0.25) is 0 Å². The lowest BCUT2D eigenvalue weighted by Crippen LogP contribution is -1.99. The molecule has 0 heterocycles. The molecule has 0 aromatic heterocycles. The first-order valence-corrected chi connectivity index (χ1v) is 7.31. The number of alkyl halides is 1. The van der Waals surface area contributed by atoms with Crippen LogP contribution in [-0.2, 0) is 6.61 Å². The van der Waals surface area contributed by atoms with Gasteiger partial charge >= 0.3 is 0 Å². The molecule has 0 saturated carbocycles. The van der Waals surface area contributed by atoms with E-state index in [0.29, 0.717) is 26.9 Å². The molecule has 2 aromatic rings. The molecule has 2 rings (SSSR count). The highest BCUT2D eigenvalue weighted by Crippen LogP contribution is 2.27. The number of ether oxygens (including phenoxy) is 1. The Morgan fingerprint density at radius 1 is 1.10 bits per heavy atom. The Morgan fingerprint density at radius 2 is 1.81 bits per heavy atom. The molecule has 1 nitrogen and oxygen atoms in total. The van der Waals surface area contributed by atoms with Gasteiger partial charge in [0, 0.05) is 15.6 Å². The quantitative estimate of drug-likeness (QED) is 0.542.